The minimum absolute atomic E-state index is 0.333. The number of rotatable bonds is 4. The molecular formula is C11H11N3O2S2. The Morgan fingerprint density at radius 1 is 1.50 bits per heavy atom. The molecule has 2 heterocycles. The van der Waals surface area contributed by atoms with Gasteiger partial charge in [-0.25, -0.2) is 14.8 Å². The van der Waals surface area contributed by atoms with Crippen molar-refractivity contribution in [2.24, 2.45) is 0 Å². The molecule has 0 radical (unpaired) electrons. The van der Waals surface area contributed by atoms with Gasteiger partial charge < -0.3 is 10.0 Å². The number of carbonyl (C=O) groups is 1. The smallest absolute Gasteiger partial charge is 0.345 e. The predicted molar refractivity (Wildman–Crippen MR) is 71.8 cm³/mol. The van der Waals surface area contributed by atoms with E-state index in [9.17, 15) is 4.79 Å². The van der Waals surface area contributed by atoms with Crippen LogP contribution in [0, 0.1) is 0 Å². The van der Waals surface area contributed by atoms with Gasteiger partial charge in [-0.05, 0) is 12.1 Å². The molecule has 0 unspecified atom stereocenters. The second-order valence-corrected chi connectivity index (χ2v) is 5.65. The maximum atomic E-state index is 10.8. The molecule has 0 saturated carbocycles. The fourth-order valence-electron chi connectivity index (χ4n) is 1.21. The van der Waals surface area contributed by atoms with Gasteiger partial charge >= 0.3 is 5.97 Å². The van der Waals surface area contributed by atoms with E-state index in [4.69, 9.17) is 5.11 Å². The van der Waals surface area contributed by atoms with Crippen molar-refractivity contribution >= 4 is 35.0 Å². The summed E-state index contributed by atoms with van der Waals surface area (Å²) < 4.78 is 0. The predicted octanol–water partition coefficient (Wildman–Crippen LogP) is 2.45. The van der Waals surface area contributed by atoms with E-state index in [-0.39, 0.29) is 0 Å². The van der Waals surface area contributed by atoms with Crippen LogP contribution in [0.5, 0.6) is 0 Å². The Bertz CT molecular complexity index is 569. The summed E-state index contributed by atoms with van der Waals surface area (Å²) in [5, 5.41) is 11.5. The summed E-state index contributed by atoms with van der Waals surface area (Å²) in [5.74, 6) is -0.266. The van der Waals surface area contributed by atoms with Gasteiger partial charge in [-0.15, -0.1) is 11.3 Å². The second-order valence-electron chi connectivity index (χ2n) is 3.64. The molecule has 0 aliphatic rings. The largest absolute Gasteiger partial charge is 0.477 e. The van der Waals surface area contributed by atoms with Crippen LogP contribution in [-0.4, -0.2) is 35.1 Å². The van der Waals surface area contributed by atoms with Crippen LogP contribution in [0.25, 0.3) is 0 Å². The lowest BCUT2D eigenvalue weighted by Gasteiger charge is -2.09. The van der Waals surface area contributed by atoms with Crippen LogP contribution in [0.15, 0.2) is 33.6 Å². The van der Waals surface area contributed by atoms with E-state index in [1.807, 2.05) is 24.4 Å². The lowest BCUT2D eigenvalue weighted by atomic mass is 10.5. The van der Waals surface area contributed by atoms with E-state index in [0.29, 0.717) is 10.8 Å². The lowest BCUT2D eigenvalue weighted by Crippen LogP contribution is -2.12. The van der Waals surface area contributed by atoms with Gasteiger partial charge in [0.25, 0.3) is 0 Å². The average molecular weight is 281 g/mol. The molecule has 0 atom stereocenters. The molecule has 1 N–H and O–H groups in total. The molecule has 2 aromatic rings. The van der Waals surface area contributed by atoms with Crippen LogP contribution >= 0.6 is 23.1 Å². The first-order valence-corrected chi connectivity index (χ1v) is 6.76. The number of nitrogens with zero attached hydrogens (tertiary/aromatic N) is 3. The number of carboxylic acids is 1. The molecule has 5 nitrogen and oxygen atoms in total. The second kappa shape index (κ2) is 5.36. The number of hydrogen-bond donors (Lipinski definition) is 1. The van der Waals surface area contributed by atoms with Gasteiger partial charge in [0.05, 0.1) is 0 Å². The number of aromatic nitrogens is 2. The van der Waals surface area contributed by atoms with Gasteiger partial charge in [-0.2, -0.15) is 0 Å². The van der Waals surface area contributed by atoms with Crippen LogP contribution in [0.4, 0.5) is 5.95 Å². The van der Waals surface area contributed by atoms with Crippen molar-refractivity contribution in [3.63, 3.8) is 0 Å². The molecule has 0 aromatic carbocycles. The summed E-state index contributed by atoms with van der Waals surface area (Å²) in [7, 11) is 3.74. The fraction of sp³-hybridized carbons (Fsp3) is 0.182. The highest BCUT2D eigenvalue weighted by Crippen LogP contribution is 2.30. The SMILES string of the molecule is CN(C)c1nccc(Sc2csc(C(=O)O)c2)n1. The Morgan fingerprint density at radius 3 is 2.89 bits per heavy atom. The maximum absolute atomic E-state index is 10.8. The molecule has 2 rings (SSSR count). The topological polar surface area (TPSA) is 66.3 Å². The number of hydrogen-bond acceptors (Lipinski definition) is 6. The van der Waals surface area contributed by atoms with Gasteiger partial charge in [0.15, 0.2) is 0 Å². The Kier molecular flexibility index (Phi) is 3.83. The first-order chi connectivity index (χ1) is 8.56. The van der Waals surface area contributed by atoms with Crippen molar-refractivity contribution in [3.8, 4) is 0 Å². The van der Waals surface area contributed by atoms with Crippen LogP contribution in [0.2, 0.25) is 0 Å². The Labute approximate surface area is 113 Å². The summed E-state index contributed by atoms with van der Waals surface area (Å²) >= 11 is 2.64. The van der Waals surface area contributed by atoms with E-state index < -0.39 is 5.97 Å². The van der Waals surface area contributed by atoms with Gasteiger partial charge in [0.1, 0.15) is 9.90 Å². The van der Waals surface area contributed by atoms with Crippen molar-refractivity contribution in [1.82, 2.24) is 9.97 Å². The Balaban J connectivity index is 2.17. The molecule has 2 aromatic heterocycles. The third-order valence-corrected chi connectivity index (χ3v) is 4.00. The summed E-state index contributed by atoms with van der Waals surface area (Å²) in [5.41, 5.74) is 0. The number of anilines is 1. The van der Waals surface area contributed by atoms with E-state index in [1.54, 1.807) is 18.3 Å². The molecule has 0 fully saturated rings. The first-order valence-electron chi connectivity index (χ1n) is 5.06. The normalized spacial score (nSPS) is 10.3. The highest BCUT2D eigenvalue weighted by atomic mass is 32.2. The quantitative estimate of drug-likeness (QED) is 0.868. The fourth-order valence-corrected chi connectivity index (χ4v) is 2.90. The summed E-state index contributed by atoms with van der Waals surface area (Å²) in [6.45, 7) is 0. The third kappa shape index (κ3) is 2.99. The van der Waals surface area contributed by atoms with Crippen molar-refractivity contribution in [3.05, 3.63) is 28.6 Å². The molecule has 0 aliphatic carbocycles. The average Bonchev–Trinajstić information content (AvgIpc) is 2.78. The third-order valence-electron chi connectivity index (χ3n) is 2.03. The zero-order chi connectivity index (χ0) is 13.1. The monoisotopic (exact) mass is 281 g/mol. The number of aromatic carboxylic acids is 1. The molecule has 7 heteroatoms. The van der Waals surface area contributed by atoms with Gasteiger partial charge in [-0.3, -0.25) is 0 Å². The van der Waals surface area contributed by atoms with Gasteiger partial charge in [-0.1, -0.05) is 11.8 Å². The van der Waals surface area contributed by atoms with Crippen LogP contribution in [-0.2, 0) is 0 Å². The van der Waals surface area contributed by atoms with E-state index >= 15 is 0 Å². The van der Waals surface area contributed by atoms with Gasteiger partial charge in [0, 0.05) is 30.6 Å². The molecule has 94 valence electrons. The number of thiophene rings is 1. The molecule has 18 heavy (non-hydrogen) atoms. The Morgan fingerprint density at radius 2 is 2.28 bits per heavy atom. The minimum atomic E-state index is -0.900. The molecular weight excluding hydrogens is 270 g/mol. The van der Waals surface area contributed by atoms with E-state index in [0.717, 1.165) is 9.92 Å². The molecule has 0 saturated heterocycles. The van der Waals surface area contributed by atoms with Crippen LogP contribution < -0.4 is 4.90 Å². The molecule has 0 aliphatic heterocycles. The number of carboxylic acid groups (broad SMARTS) is 1. The minimum Gasteiger partial charge on any atom is -0.477 e. The maximum Gasteiger partial charge on any atom is 0.345 e. The molecule has 0 bridgehead atoms. The lowest BCUT2D eigenvalue weighted by molar-refractivity contribution is 0.0702. The molecule has 0 spiro atoms. The van der Waals surface area contributed by atoms with E-state index in [1.165, 1.54) is 23.1 Å². The van der Waals surface area contributed by atoms with Crippen molar-refractivity contribution in [2.45, 2.75) is 9.92 Å². The highest BCUT2D eigenvalue weighted by molar-refractivity contribution is 7.99. The standard InChI is InChI=1S/C11H11N3O2S2/c1-14(2)11-12-4-3-9(13-11)18-7-5-8(10(15)16)17-6-7/h3-6H,1-2H3,(H,15,16). The zero-order valence-electron chi connectivity index (χ0n) is 9.82. The van der Waals surface area contributed by atoms with E-state index in [2.05, 4.69) is 9.97 Å². The van der Waals surface area contributed by atoms with Crippen molar-refractivity contribution in [2.75, 3.05) is 19.0 Å². The summed E-state index contributed by atoms with van der Waals surface area (Å²) in [6, 6.07) is 3.45. The summed E-state index contributed by atoms with van der Waals surface area (Å²) in [4.78, 5) is 22.3. The highest BCUT2D eigenvalue weighted by Gasteiger charge is 2.09. The first kappa shape index (κ1) is 12.8. The molecule has 0 amide bonds. The zero-order valence-corrected chi connectivity index (χ0v) is 11.5. The van der Waals surface area contributed by atoms with Gasteiger partial charge in [0.2, 0.25) is 5.95 Å². The van der Waals surface area contributed by atoms with Crippen LogP contribution in [0.1, 0.15) is 9.67 Å². The summed E-state index contributed by atoms with van der Waals surface area (Å²) in [6.07, 6.45) is 1.69. The van der Waals surface area contributed by atoms with Crippen molar-refractivity contribution < 1.29 is 9.90 Å². The Hall–Kier alpha value is -1.60. The van der Waals surface area contributed by atoms with Crippen molar-refractivity contribution in [1.29, 1.82) is 0 Å². The van der Waals surface area contributed by atoms with Crippen LogP contribution in [0.3, 0.4) is 0 Å².